The second kappa shape index (κ2) is 8.87. The molecule has 1 aliphatic rings. The lowest BCUT2D eigenvalue weighted by Gasteiger charge is -2.18. The maximum Gasteiger partial charge on any atom is 0.311 e. The molecule has 2 amide bonds. The Morgan fingerprint density at radius 3 is 2.52 bits per heavy atom. The number of nitrogens with zero attached hydrogens (tertiary/aromatic N) is 1. The first-order chi connectivity index (χ1) is 13.8. The number of nitrogens with one attached hydrogen (secondary N) is 1. The lowest BCUT2D eigenvalue weighted by molar-refractivity contribution is -0.147. The van der Waals surface area contributed by atoms with Crippen molar-refractivity contribution in [3.05, 3.63) is 70.2 Å². The smallest absolute Gasteiger partial charge is 0.311 e. The molecule has 7 nitrogen and oxygen atoms in total. The summed E-state index contributed by atoms with van der Waals surface area (Å²) in [5.41, 5.74) is 4.11. The van der Waals surface area contributed by atoms with Gasteiger partial charge in [-0.1, -0.05) is 29.8 Å². The van der Waals surface area contributed by atoms with E-state index in [4.69, 9.17) is 16.3 Å². The third-order valence-electron chi connectivity index (χ3n) is 4.60. The summed E-state index contributed by atoms with van der Waals surface area (Å²) in [6, 6.07) is 13.2. The predicted molar refractivity (Wildman–Crippen MR) is 105 cm³/mol. The fourth-order valence-corrected chi connectivity index (χ4v) is 3.08. The molecule has 1 N–H and O–H groups in total. The van der Waals surface area contributed by atoms with Crippen LogP contribution in [-0.4, -0.2) is 41.7 Å². The number of hydrogen-bond donors (Lipinski definition) is 1. The van der Waals surface area contributed by atoms with E-state index in [2.05, 4.69) is 5.43 Å². The second-order valence-corrected chi connectivity index (χ2v) is 7.14. The molecule has 0 aliphatic carbocycles. The Balaban J connectivity index is 1.53. The number of esters is 1. The number of aryl methyl sites for hydroxylation is 1. The van der Waals surface area contributed by atoms with Gasteiger partial charge in [0, 0.05) is 22.6 Å². The molecule has 0 spiro atoms. The van der Waals surface area contributed by atoms with Crippen molar-refractivity contribution in [2.45, 2.75) is 13.3 Å². The fraction of sp³-hybridized carbons (Fsp3) is 0.238. The quantitative estimate of drug-likeness (QED) is 0.579. The van der Waals surface area contributed by atoms with Crippen LogP contribution in [0.15, 0.2) is 48.5 Å². The summed E-state index contributed by atoms with van der Waals surface area (Å²) in [6.07, 6.45) is -0.0952. The summed E-state index contributed by atoms with van der Waals surface area (Å²) in [6.45, 7) is 1.35. The standard InChI is InChI=1S/C21H19ClN2O5/c1-13-4-2-3-5-17(13)20(27)23-24-11-15(10-19(24)26)21(28)29-12-18(25)14-6-8-16(22)9-7-14/h2-9,15H,10-12H2,1H3,(H,23,27)/t15-/m0/s1. The Labute approximate surface area is 172 Å². The number of ketones is 1. The Morgan fingerprint density at radius 1 is 1.14 bits per heavy atom. The van der Waals surface area contributed by atoms with Gasteiger partial charge in [-0.3, -0.25) is 29.6 Å². The van der Waals surface area contributed by atoms with Crippen molar-refractivity contribution in [2.24, 2.45) is 5.92 Å². The molecule has 29 heavy (non-hydrogen) atoms. The lowest BCUT2D eigenvalue weighted by Crippen LogP contribution is -2.43. The number of amides is 2. The summed E-state index contributed by atoms with van der Waals surface area (Å²) < 4.78 is 5.06. The van der Waals surface area contributed by atoms with Crippen molar-refractivity contribution >= 4 is 35.2 Å². The molecule has 0 bridgehead atoms. The summed E-state index contributed by atoms with van der Waals surface area (Å²) in [4.78, 5) is 48.9. The zero-order chi connectivity index (χ0) is 21.0. The SMILES string of the molecule is Cc1ccccc1C(=O)NN1C[C@@H](C(=O)OCC(=O)c2ccc(Cl)cc2)CC1=O. The van der Waals surface area contributed by atoms with Gasteiger partial charge in [-0.25, -0.2) is 0 Å². The number of Topliss-reactive ketones (excluding diaryl/α,β-unsaturated/α-hetero) is 1. The maximum atomic E-state index is 12.4. The molecule has 0 aromatic heterocycles. The van der Waals surface area contributed by atoms with Crippen molar-refractivity contribution < 1.29 is 23.9 Å². The minimum absolute atomic E-state index is 0.00950. The van der Waals surface area contributed by atoms with Crippen LogP contribution < -0.4 is 5.43 Å². The van der Waals surface area contributed by atoms with Crippen LogP contribution in [0.4, 0.5) is 0 Å². The number of carbonyl (C=O) groups is 4. The molecule has 0 unspecified atom stereocenters. The highest BCUT2D eigenvalue weighted by atomic mass is 35.5. The Hall–Kier alpha value is -3.19. The first-order valence-corrected chi connectivity index (χ1v) is 9.35. The van der Waals surface area contributed by atoms with Crippen molar-refractivity contribution in [1.82, 2.24) is 10.4 Å². The number of carbonyl (C=O) groups excluding carboxylic acids is 4. The number of hydrazine groups is 1. The van der Waals surface area contributed by atoms with E-state index in [1.807, 2.05) is 6.07 Å². The monoisotopic (exact) mass is 414 g/mol. The summed E-state index contributed by atoms with van der Waals surface area (Å²) in [7, 11) is 0. The molecule has 150 valence electrons. The molecule has 0 radical (unpaired) electrons. The van der Waals surface area contributed by atoms with Gasteiger partial charge in [0.05, 0.1) is 12.5 Å². The predicted octanol–water partition coefficient (Wildman–Crippen LogP) is 2.57. The van der Waals surface area contributed by atoms with Crippen LogP contribution in [-0.2, 0) is 14.3 Å². The van der Waals surface area contributed by atoms with E-state index in [0.717, 1.165) is 10.6 Å². The van der Waals surface area contributed by atoms with Gasteiger partial charge in [-0.05, 0) is 42.8 Å². The average Bonchev–Trinajstić information content (AvgIpc) is 3.07. The number of hydrogen-bond acceptors (Lipinski definition) is 5. The topological polar surface area (TPSA) is 92.8 Å². The van der Waals surface area contributed by atoms with Crippen LogP contribution in [0.2, 0.25) is 5.02 Å². The van der Waals surface area contributed by atoms with Crippen LogP contribution >= 0.6 is 11.6 Å². The number of ether oxygens (including phenoxy) is 1. The van der Waals surface area contributed by atoms with Crippen molar-refractivity contribution in [3.8, 4) is 0 Å². The zero-order valence-corrected chi connectivity index (χ0v) is 16.4. The van der Waals surface area contributed by atoms with E-state index in [-0.39, 0.29) is 18.7 Å². The van der Waals surface area contributed by atoms with Crippen molar-refractivity contribution in [1.29, 1.82) is 0 Å². The van der Waals surface area contributed by atoms with E-state index in [1.54, 1.807) is 49.4 Å². The molecule has 2 aromatic rings. The van der Waals surface area contributed by atoms with E-state index in [9.17, 15) is 19.2 Å². The van der Waals surface area contributed by atoms with Gasteiger partial charge in [-0.2, -0.15) is 0 Å². The van der Waals surface area contributed by atoms with E-state index < -0.39 is 30.3 Å². The normalized spacial score (nSPS) is 15.9. The molecular weight excluding hydrogens is 396 g/mol. The van der Waals surface area contributed by atoms with Crippen LogP contribution in [0, 0.1) is 12.8 Å². The largest absolute Gasteiger partial charge is 0.457 e. The van der Waals surface area contributed by atoms with Gasteiger partial charge in [0.25, 0.3) is 5.91 Å². The molecule has 1 heterocycles. The highest BCUT2D eigenvalue weighted by Gasteiger charge is 2.36. The molecule has 1 saturated heterocycles. The highest BCUT2D eigenvalue weighted by Crippen LogP contribution is 2.19. The molecule has 1 aliphatic heterocycles. The van der Waals surface area contributed by atoms with Crippen LogP contribution in [0.3, 0.4) is 0 Å². The first kappa shape index (κ1) is 20.5. The van der Waals surface area contributed by atoms with E-state index >= 15 is 0 Å². The van der Waals surface area contributed by atoms with Gasteiger partial charge < -0.3 is 4.74 Å². The molecule has 2 aromatic carbocycles. The van der Waals surface area contributed by atoms with Gasteiger partial charge in [0.2, 0.25) is 5.91 Å². The number of halogens is 1. The maximum absolute atomic E-state index is 12.4. The van der Waals surface area contributed by atoms with Gasteiger partial charge in [0.15, 0.2) is 12.4 Å². The Bertz CT molecular complexity index is 958. The number of benzene rings is 2. The average molecular weight is 415 g/mol. The minimum Gasteiger partial charge on any atom is -0.457 e. The molecule has 8 heteroatoms. The summed E-state index contributed by atoms with van der Waals surface area (Å²) >= 11 is 5.78. The van der Waals surface area contributed by atoms with E-state index in [1.165, 1.54) is 0 Å². The molecular formula is C21H19ClN2O5. The second-order valence-electron chi connectivity index (χ2n) is 6.70. The zero-order valence-electron chi connectivity index (χ0n) is 15.7. The third kappa shape index (κ3) is 5.00. The fourth-order valence-electron chi connectivity index (χ4n) is 2.96. The third-order valence-corrected chi connectivity index (χ3v) is 4.85. The molecule has 1 atom stereocenters. The first-order valence-electron chi connectivity index (χ1n) is 8.97. The van der Waals surface area contributed by atoms with Crippen LogP contribution in [0.5, 0.6) is 0 Å². The lowest BCUT2D eigenvalue weighted by atomic mass is 10.1. The van der Waals surface area contributed by atoms with Crippen LogP contribution in [0.1, 0.15) is 32.7 Å². The number of rotatable bonds is 6. The Morgan fingerprint density at radius 2 is 1.83 bits per heavy atom. The van der Waals surface area contributed by atoms with E-state index in [0.29, 0.717) is 16.1 Å². The summed E-state index contributed by atoms with van der Waals surface area (Å²) in [5.74, 6) is -2.60. The van der Waals surface area contributed by atoms with Crippen LogP contribution in [0.25, 0.3) is 0 Å². The van der Waals surface area contributed by atoms with Gasteiger partial charge >= 0.3 is 5.97 Å². The van der Waals surface area contributed by atoms with Gasteiger partial charge in [0.1, 0.15) is 0 Å². The Kier molecular flexibility index (Phi) is 6.29. The summed E-state index contributed by atoms with van der Waals surface area (Å²) in [5, 5.41) is 1.61. The van der Waals surface area contributed by atoms with Crippen molar-refractivity contribution in [2.75, 3.05) is 13.2 Å². The molecule has 1 fully saturated rings. The van der Waals surface area contributed by atoms with Gasteiger partial charge in [-0.15, -0.1) is 0 Å². The molecule has 0 saturated carbocycles. The highest BCUT2D eigenvalue weighted by molar-refractivity contribution is 6.30. The minimum atomic E-state index is -0.752. The van der Waals surface area contributed by atoms with Crippen molar-refractivity contribution in [3.63, 3.8) is 0 Å². The molecule has 3 rings (SSSR count).